The molecule has 7 unspecified atom stereocenters. The minimum atomic E-state index is -1.55. The quantitative estimate of drug-likeness (QED) is 0.323. The van der Waals surface area contributed by atoms with Crippen molar-refractivity contribution in [2.75, 3.05) is 0 Å². The molecule has 4 aliphatic rings. The monoisotopic (exact) mass is 448 g/mol. The third-order valence-electron chi connectivity index (χ3n) is 9.64. The van der Waals surface area contributed by atoms with Crippen molar-refractivity contribution in [1.29, 1.82) is 0 Å². The van der Waals surface area contributed by atoms with Crippen LogP contribution in [0.1, 0.15) is 72.1 Å². The molecule has 3 saturated carbocycles. The van der Waals surface area contributed by atoms with Crippen LogP contribution in [-0.2, 0) is 8.85 Å². The molecule has 0 bridgehead atoms. The van der Waals surface area contributed by atoms with Crippen LogP contribution in [-0.4, -0.2) is 28.3 Å². The first-order valence-electron chi connectivity index (χ1n) is 12.7. The van der Waals surface area contributed by atoms with E-state index in [1.807, 2.05) is 0 Å². The number of hydrogen-bond donors (Lipinski definition) is 0. The van der Waals surface area contributed by atoms with Crippen LogP contribution in [0.25, 0.3) is 0 Å². The molecule has 0 heterocycles. The molecule has 0 spiro atoms. The van der Waals surface area contributed by atoms with Crippen molar-refractivity contribution in [3.05, 3.63) is 11.6 Å². The van der Waals surface area contributed by atoms with E-state index in [-0.39, 0.29) is 5.60 Å². The minimum Gasteiger partial charge on any atom is -0.414 e. The fourth-order valence-electron chi connectivity index (χ4n) is 8.30. The van der Waals surface area contributed by atoms with Gasteiger partial charge in [-0.3, -0.25) is 0 Å². The smallest absolute Gasteiger partial charge is 0.184 e. The Morgan fingerprint density at radius 2 is 1.50 bits per heavy atom. The third-order valence-corrected chi connectivity index (χ3v) is 11.7. The van der Waals surface area contributed by atoms with Gasteiger partial charge in [0.05, 0.1) is 5.60 Å². The van der Waals surface area contributed by atoms with E-state index in [0.29, 0.717) is 16.9 Å². The largest absolute Gasteiger partial charge is 0.414 e. The van der Waals surface area contributed by atoms with Crippen LogP contribution in [0.5, 0.6) is 0 Å². The molecule has 0 amide bonds. The van der Waals surface area contributed by atoms with Gasteiger partial charge in [-0.25, -0.2) is 0 Å². The number of hydrogen-bond acceptors (Lipinski definition) is 2. The molecule has 0 saturated heterocycles. The molecule has 0 aromatic heterocycles. The molecule has 4 heteroatoms. The second kappa shape index (κ2) is 7.30. The molecule has 0 aromatic carbocycles. The fourth-order valence-corrected chi connectivity index (χ4v) is 11.2. The van der Waals surface area contributed by atoms with Gasteiger partial charge in [0.15, 0.2) is 16.6 Å². The van der Waals surface area contributed by atoms with Gasteiger partial charge in [0, 0.05) is 6.10 Å². The second-order valence-electron chi connectivity index (χ2n) is 13.8. The summed E-state index contributed by atoms with van der Waals surface area (Å²) in [5, 5.41) is 0. The van der Waals surface area contributed by atoms with Crippen LogP contribution >= 0.6 is 0 Å². The summed E-state index contributed by atoms with van der Waals surface area (Å²) in [5.74, 6) is 2.57. The van der Waals surface area contributed by atoms with Crippen molar-refractivity contribution in [3.8, 4) is 0 Å². The highest BCUT2D eigenvalue weighted by molar-refractivity contribution is 6.70. The van der Waals surface area contributed by atoms with Crippen molar-refractivity contribution < 1.29 is 8.85 Å². The highest BCUT2D eigenvalue weighted by atomic mass is 28.4. The molecule has 0 N–H and O–H groups in total. The second-order valence-corrected chi connectivity index (χ2v) is 22.7. The molecule has 2 nitrogen and oxygen atoms in total. The van der Waals surface area contributed by atoms with Gasteiger partial charge < -0.3 is 8.85 Å². The topological polar surface area (TPSA) is 18.5 Å². The van der Waals surface area contributed by atoms with Crippen LogP contribution < -0.4 is 0 Å². The van der Waals surface area contributed by atoms with Gasteiger partial charge in [0.2, 0.25) is 0 Å². The summed E-state index contributed by atoms with van der Waals surface area (Å²) in [7, 11) is -3.02. The Morgan fingerprint density at radius 3 is 2.13 bits per heavy atom. The van der Waals surface area contributed by atoms with Gasteiger partial charge in [-0.1, -0.05) is 25.5 Å². The van der Waals surface area contributed by atoms with Gasteiger partial charge >= 0.3 is 0 Å². The summed E-state index contributed by atoms with van der Waals surface area (Å²) in [6, 6.07) is 0. The molecule has 4 rings (SSSR count). The van der Waals surface area contributed by atoms with Gasteiger partial charge in [-0.15, -0.1) is 0 Å². The van der Waals surface area contributed by atoms with Crippen LogP contribution in [0.15, 0.2) is 11.6 Å². The molecule has 0 radical (unpaired) electrons. The zero-order valence-corrected chi connectivity index (χ0v) is 23.4. The maximum atomic E-state index is 6.94. The fraction of sp³-hybridized carbons (Fsp3) is 0.923. The molecular weight excluding hydrogens is 400 g/mol. The first-order chi connectivity index (χ1) is 13.7. The molecule has 7 atom stereocenters. The normalized spacial score (nSPS) is 46.6. The minimum absolute atomic E-state index is 0.0842. The Balaban J connectivity index is 1.56. The van der Waals surface area contributed by atoms with Gasteiger partial charge in [0.25, 0.3) is 0 Å². The van der Waals surface area contributed by atoms with Crippen LogP contribution in [0.3, 0.4) is 0 Å². The Labute approximate surface area is 188 Å². The van der Waals surface area contributed by atoms with Crippen LogP contribution in [0.2, 0.25) is 39.3 Å². The average Bonchev–Trinajstić information content (AvgIpc) is 2.83. The van der Waals surface area contributed by atoms with Crippen LogP contribution in [0, 0.1) is 28.6 Å². The predicted molar refractivity (Wildman–Crippen MR) is 133 cm³/mol. The lowest BCUT2D eigenvalue weighted by molar-refractivity contribution is -0.106. The third kappa shape index (κ3) is 3.86. The predicted octanol–water partition coefficient (Wildman–Crippen LogP) is 7.78. The molecule has 0 aliphatic heterocycles. The molecule has 0 aromatic rings. The van der Waals surface area contributed by atoms with E-state index >= 15 is 0 Å². The summed E-state index contributed by atoms with van der Waals surface area (Å²) in [6.45, 7) is 21.8. The van der Waals surface area contributed by atoms with E-state index in [2.05, 4.69) is 66.1 Å². The lowest BCUT2D eigenvalue weighted by atomic mass is 9.47. The lowest BCUT2D eigenvalue weighted by Crippen LogP contribution is -2.56. The SMILES string of the molecule is CC12CCC(O[Si](C)(C)C)CC1=CCC1C2CCC2(C)C1CCC2(C)O[Si](C)(C)C. The van der Waals surface area contributed by atoms with E-state index in [0.717, 1.165) is 17.8 Å². The molecule has 30 heavy (non-hydrogen) atoms. The molecular formula is C26H48O2Si2. The highest BCUT2D eigenvalue weighted by Gasteiger charge is 2.63. The molecule has 172 valence electrons. The Kier molecular flexibility index (Phi) is 5.66. The first kappa shape index (κ1) is 23.3. The van der Waals surface area contributed by atoms with Crippen LogP contribution in [0.4, 0.5) is 0 Å². The summed E-state index contributed by atoms with van der Waals surface area (Å²) >= 11 is 0. The average molecular weight is 449 g/mol. The molecule has 3 fully saturated rings. The molecule has 4 aliphatic carbocycles. The lowest BCUT2D eigenvalue weighted by Gasteiger charge is -2.60. The maximum absolute atomic E-state index is 6.94. The first-order valence-corrected chi connectivity index (χ1v) is 19.6. The van der Waals surface area contributed by atoms with E-state index < -0.39 is 16.6 Å². The van der Waals surface area contributed by atoms with Crippen molar-refractivity contribution in [2.45, 2.75) is 123 Å². The summed E-state index contributed by atoms with van der Waals surface area (Å²) in [4.78, 5) is 0. The van der Waals surface area contributed by atoms with Crippen molar-refractivity contribution in [3.63, 3.8) is 0 Å². The van der Waals surface area contributed by atoms with Crippen molar-refractivity contribution in [2.24, 2.45) is 28.6 Å². The summed E-state index contributed by atoms with van der Waals surface area (Å²) in [6.07, 6.45) is 13.7. The van der Waals surface area contributed by atoms with Gasteiger partial charge in [-0.05, 0) is 126 Å². The standard InChI is InChI=1S/C26H48O2Si2/c1-24-15-12-20(27-29(4,5)6)18-19(24)10-11-21-22(24)13-16-25(2)23(21)14-17-26(25,3)28-30(7,8)9/h10,20-23H,11-18H2,1-9H3. The Hall–Kier alpha value is 0.0938. The van der Waals surface area contributed by atoms with E-state index in [4.69, 9.17) is 8.85 Å². The maximum Gasteiger partial charge on any atom is 0.184 e. The van der Waals surface area contributed by atoms with Crippen molar-refractivity contribution in [1.82, 2.24) is 0 Å². The van der Waals surface area contributed by atoms with E-state index in [9.17, 15) is 0 Å². The zero-order valence-electron chi connectivity index (χ0n) is 21.4. The summed E-state index contributed by atoms with van der Waals surface area (Å²) < 4.78 is 13.5. The Bertz CT molecular complexity index is 705. The van der Waals surface area contributed by atoms with E-state index in [1.54, 1.807) is 5.57 Å². The summed E-state index contributed by atoms with van der Waals surface area (Å²) in [5.41, 5.74) is 2.61. The van der Waals surface area contributed by atoms with Gasteiger partial charge in [-0.2, -0.15) is 0 Å². The van der Waals surface area contributed by atoms with E-state index in [1.165, 1.54) is 51.4 Å². The van der Waals surface area contributed by atoms with Gasteiger partial charge in [0.1, 0.15) is 0 Å². The number of allylic oxidation sites excluding steroid dienone is 1. The zero-order chi connectivity index (χ0) is 22.2. The van der Waals surface area contributed by atoms with Crippen molar-refractivity contribution >= 4 is 16.6 Å². The number of fused-ring (bicyclic) bond motifs is 5. The number of rotatable bonds is 4. The Morgan fingerprint density at radius 1 is 0.833 bits per heavy atom. The highest BCUT2D eigenvalue weighted by Crippen LogP contribution is 2.68.